The standard InChI is InChI=1S/C26H18F2N2O3S/c1-2-14-7-12-19-20(13-14)34-26(29-19)30-22(17-5-3-4-6-18(17)28)21(24(32)25(30)33)23(31)15-8-10-16(27)11-9-15/h3-13,22,31H,2H2,1H3/b23-21+. The van der Waals surface area contributed by atoms with Crippen LogP contribution in [0.25, 0.3) is 16.0 Å². The van der Waals surface area contributed by atoms with Gasteiger partial charge in [-0.15, -0.1) is 0 Å². The fourth-order valence-electron chi connectivity index (χ4n) is 4.06. The van der Waals surface area contributed by atoms with Gasteiger partial charge in [-0.1, -0.05) is 42.5 Å². The number of hydrogen-bond acceptors (Lipinski definition) is 5. The first-order valence-electron chi connectivity index (χ1n) is 10.6. The summed E-state index contributed by atoms with van der Waals surface area (Å²) < 4.78 is 29.2. The number of aliphatic hydroxyl groups is 1. The van der Waals surface area contributed by atoms with E-state index in [-0.39, 0.29) is 21.8 Å². The van der Waals surface area contributed by atoms with Crippen molar-refractivity contribution < 1.29 is 23.5 Å². The van der Waals surface area contributed by atoms with E-state index in [4.69, 9.17) is 0 Å². The molecule has 0 radical (unpaired) electrons. The Balaban J connectivity index is 1.73. The molecule has 1 N–H and O–H groups in total. The zero-order chi connectivity index (χ0) is 24.0. The average Bonchev–Trinajstić information content (AvgIpc) is 3.37. The number of aliphatic hydroxyl groups excluding tert-OH is 1. The van der Waals surface area contributed by atoms with Crippen LogP contribution in [0.2, 0.25) is 0 Å². The van der Waals surface area contributed by atoms with E-state index in [1.165, 1.54) is 41.7 Å². The SMILES string of the molecule is CCc1ccc2nc(N3C(=O)C(=O)/C(=C(/O)c4ccc(F)cc4)C3c3ccccc3F)sc2c1. The predicted molar refractivity (Wildman–Crippen MR) is 127 cm³/mol. The highest BCUT2D eigenvalue weighted by Crippen LogP contribution is 2.45. The van der Waals surface area contributed by atoms with Gasteiger partial charge < -0.3 is 5.11 Å². The molecule has 1 amide bonds. The third-order valence-corrected chi connectivity index (χ3v) is 6.84. The van der Waals surface area contributed by atoms with E-state index in [1.54, 1.807) is 6.07 Å². The first kappa shape index (κ1) is 21.9. The van der Waals surface area contributed by atoms with Gasteiger partial charge in [0.1, 0.15) is 23.4 Å². The zero-order valence-electron chi connectivity index (χ0n) is 18.0. The number of aryl methyl sites for hydroxylation is 1. The Bertz CT molecular complexity index is 1480. The number of benzene rings is 3. The minimum atomic E-state index is -1.24. The second-order valence-electron chi connectivity index (χ2n) is 7.85. The Labute approximate surface area is 197 Å². The van der Waals surface area contributed by atoms with Crippen molar-refractivity contribution >= 4 is 44.1 Å². The molecule has 0 bridgehead atoms. The van der Waals surface area contributed by atoms with Crippen LogP contribution in [0.5, 0.6) is 0 Å². The lowest BCUT2D eigenvalue weighted by Gasteiger charge is -2.23. The van der Waals surface area contributed by atoms with Crippen molar-refractivity contribution in [2.24, 2.45) is 0 Å². The Morgan fingerprint density at radius 2 is 1.79 bits per heavy atom. The summed E-state index contributed by atoms with van der Waals surface area (Å²) in [5.41, 5.74) is 1.63. The molecule has 4 aromatic rings. The summed E-state index contributed by atoms with van der Waals surface area (Å²) in [5, 5.41) is 11.2. The van der Waals surface area contributed by atoms with Crippen molar-refractivity contribution in [3.8, 4) is 0 Å². The number of nitrogens with zero attached hydrogens (tertiary/aromatic N) is 2. The molecule has 8 heteroatoms. The van der Waals surface area contributed by atoms with Crippen LogP contribution in [-0.2, 0) is 16.0 Å². The molecule has 2 heterocycles. The number of fused-ring (bicyclic) bond motifs is 1. The molecule has 1 aliphatic rings. The summed E-state index contributed by atoms with van der Waals surface area (Å²) in [6.07, 6.45) is 0.820. The van der Waals surface area contributed by atoms with Crippen molar-refractivity contribution in [2.75, 3.05) is 4.90 Å². The van der Waals surface area contributed by atoms with Crippen LogP contribution < -0.4 is 4.90 Å². The number of hydrogen-bond donors (Lipinski definition) is 1. The minimum Gasteiger partial charge on any atom is -0.507 e. The fourth-order valence-corrected chi connectivity index (χ4v) is 5.12. The third kappa shape index (κ3) is 3.56. The van der Waals surface area contributed by atoms with Gasteiger partial charge in [-0.3, -0.25) is 14.5 Å². The summed E-state index contributed by atoms with van der Waals surface area (Å²) in [6, 6.07) is 15.1. The van der Waals surface area contributed by atoms with Crippen molar-refractivity contribution in [3.05, 3.63) is 101 Å². The number of halogens is 2. The van der Waals surface area contributed by atoms with Crippen LogP contribution in [0.3, 0.4) is 0 Å². The molecule has 1 aromatic heterocycles. The van der Waals surface area contributed by atoms with Gasteiger partial charge in [-0.25, -0.2) is 13.8 Å². The average molecular weight is 477 g/mol. The molecule has 1 aliphatic heterocycles. The molecule has 5 nitrogen and oxygen atoms in total. The van der Waals surface area contributed by atoms with Crippen LogP contribution in [0.15, 0.2) is 72.3 Å². The number of rotatable bonds is 4. The third-order valence-electron chi connectivity index (χ3n) is 5.82. The lowest BCUT2D eigenvalue weighted by atomic mass is 9.95. The molecule has 1 unspecified atom stereocenters. The Morgan fingerprint density at radius 3 is 2.50 bits per heavy atom. The van der Waals surface area contributed by atoms with Crippen LogP contribution in [0, 0.1) is 11.6 Å². The number of amides is 1. The molecule has 1 fully saturated rings. The fraction of sp³-hybridized carbons (Fsp3) is 0.115. The molecular weight excluding hydrogens is 458 g/mol. The molecule has 1 saturated heterocycles. The van der Waals surface area contributed by atoms with E-state index in [0.717, 1.165) is 33.7 Å². The zero-order valence-corrected chi connectivity index (χ0v) is 18.8. The van der Waals surface area contributed by atoms with Gasteiger partial charge in [0.2, 0.25) is 0 Å². The van der Waals surface area contributed by atoms with Gasteiger partial charge in [-0.2, -0.15) is 0 Å². The molecule has 34 heavy (non-hydrogen) atoms. The highest BCUT2D eigenvalue weighted by Gasteiger charge is 2.49. The molecule has 170 valence electrons. The Hall–Kier alpha value is -3.91. The minimum absolute atomic E-state index is 0.0406. The van der Waals surface area contributed by atoms with E-state index >= 15 is 0 Å². The number of carbonyl (C=O) groups excluding carboxylic acids is 2. The van der Waals surface area contributed by atoms with Crippen LogP contribution in [0.1, 0.15) is 29.7 Å². The normalized spacial score (nSPS) is 17.6. The van der Waals surface area contributed by atoms with Crippen LogP contribution in [-0.4, -0.2) is 21.8 Å². The van der Waals surface area contributed by atoms with Crippen molar-refractivity contribution in [3.63, 3.8) is 0 Å². The lowest BCUT2D eigenvalue weighted by Crippen LogP contribution is -2.29. The van der Waals surface area contributed by atoms with E-state index in [0.29, 0.717) is 5.52 Å². The number of Topliss-reactive ketones (excluding diaryl/α,β-unsaturated/α-hetero) is 1. The van der Waals surface area contributed by atoms with Crippen LogP contribution >= 0.6 is 11.3 Å². The Morgan fingerprint density at radius 1 is 1.06 bits per heavy atom. The van der Waals surface area contributed by atoms with Gasteiger partial charge in [0.15, 0.2) is 5.13 Å². The summed E-state index contributed by atoms with van der Waals surface area (Å²) in [5.74, 6) is -3.57. The lowest BCUT2D eigenvalue weighted by molar-refractivity contribution is -0.132. The molecule has 0 aliphatic carbocycles. The number of anilines is 1. The first-order valence-corrected chi connectivity index (χ1v) is 11.4. The molecule has 3 aromatic carbocycles. The summed E-state index contributed by atoms with van der Waals surface area (Å²) >= 11 is 1.21. The topological polar surface area (TPSA) is 70.5 Å². The quantitative estimate of drug-likeness (QED) is 0.231. The van der Waals surface area contributed by atoms with Crippen molar-refractivity contribution in [2.45, 2.75) is 19.4 Å². The van der Waals surface area contributed by atoms with Crippen molar-refractivity contribution in [1.82, 2.24) is 4.98 Å². The van der Waals surface area contributed by atoms with Gasteiger partial charge in [0, 0.05) is 11.1 Å². The maximum atomic E-state index is 15.0. The molecular formula is C26H18F2N2O3S. The largest absolute Gasteiger partial charge is 0.507 e. The number of ketones is 1. The summed E-state index contributed by atoms with van der Waals surface area (Å²) in [6.45, 7) is 2.02. The second kappa shape index (κ2) is 8.46. The first-order chi connectivity index (χ1) is 16.4. The highest BCUT2D eigenvalue weighted by atomic mass is 32.1. The van der Waals surface area contributed by atoms with Gasteiger partial charge >= 0.3 is 5.91 Å². The summed E-state index contributed by atoms with van der Waals surface area (Å²) in [7, 11) is 0. The predicted octanol–water partition coefficient (Wildman–Crippen LogP) is 5.76. The maximum Gasteiger partial charge on any atom is 0.301 e. The van der Waals surface area contributed by atoms with Crippen molar-refractivity contribution in [1.29, 1.82) is 0 Å². The maximum absolute atomic E-state index is 15.0. The van der Waals surface area contributed by atoms with Gasteiger partial charge in [0.05, 0.1) is 15.8 Å². The Kier molecular flexibility index (Phi) is 5.45. The van der Waals surface area contributed by atoms with Gasteiger partial charge in [0.25, 0.3) is 5.78 Å². The molecule has 1 atom stereocenters. The second-order valence-corrected chi connectivity index (χ2v) is 8.86. The highest BCUT2D eigenvalue weighted by molar-refractivity contribution is 7.22. The van der Waals surface area contributed by atoms with Crippen LogP contribution in [0.4, 0.5) is 13.9 Å². The number of aromatic nitrogens is 1. The van der Waals surface area contributed by atoms with E-state index in [9.17, 15) is 23.5 Å². The molecule has 5 rings (SSSR count). The molecule has 0 spiro atoms. The number of thiazole rings is 1. The van der Waals surface area contributed by atoms with E-state index in [2.05, 4.69) is 4.98 Å². The van der Waals surface area contributed by atoms with Gasteiger partial charge in [-0.05, 0) is 54.4 Å². The summed E-state index contributed by atoms with van der Waals surface area (Å²) in [4.78, 5) is 32.0. The van der Waals surface area contributed by atoms with E-state index < -0.39 is 35.1 Å². The van der Waals surface area contributed by atoms with E-state index in [1.807, 2.05) is 25.1 Å². The molecule has 0 saturated carbocycles. The number of carbonyl (C=O) groups is 2. The monoisotopic (exact) mass is 476 g/mol. The smallest absolute Gasteiger partial charge is 0.301 e.